The molecule has 0 amide bonds. The molecule has 1 atom stereocenters. The molecule has 0 bridgehead atoms. The molecular formula is C26H31ClN6. The third-order valence-corrected chi connectivity index (χ3v) is 5.97. The van der Waals surface area contributed by atoms with Crippen molar-refractivity contribution in [1.29, 1.82) is 0 Å². The zero-order chi connectivity index (χ0) is 23.8. The Labute approximate surface area is 200 Å². The van der Waals surface area contributed by atoms with Crippen LogP contribution in [0.25, 0.3) is 10.9 Å². The van der Waals surface area contributed by atoms with Crippen LogP contribution in [0.3, 0.4) is 0 Å². The van der Waals surface area contributed by atoms with E-state index in [0.717, 1.165) is 28.6 Å². The Morgan fingerprint density at radius 2 is 1.70 bits per heavy atom. The van der Waals surface area contributed by atoms with Gasteiger partial charge in [-0.1, -0.05) is 68.3 Å². The smallest absolute Gasteiger partial charge is 0.178 e. The van der Waals surface area contributed by atoms with E-state index in [1.165, 1.54) is 5.56 Å². The van der Waals surface area contributed by atoms with Crippen LogP contribution in [0, 0.1) is 12.3 Å². The Morgan fingerprint density at radius 1 is 1.00 bits per heavy atom. The van der Waals surface area contributed by atoms with Crippen molar-refractivity contribution >= 4 is 28.2 Å². The van der Waals surface area contributed by atoms with Gasteiger partial charge in [0, 0.05) is 16.6 Å². The normalized spacial score (nSPS) is 13.3. The molecule has 0 spiro atoms. The van der Waals surface area contributed by atoms with Crippen LogP contribution >= 0.6 is 11.6 Å². The van der Waals surface area contributed by atoms with Gasteiger partial charge < -0.3 is 5.32 Å². The van der Waals surface area contributed by atoms with Crippen molar-refractivity contribution in [3.8, 4) is 0 Å². The molecule has 4 rings (SSSR count). The van der Waals surface area contributed by atoms with Crippen LogP contribution in [0.15, 0.2) is 54.6 Å². The monoisotopic (exact) mass is 462 g/mol. The molecule has 0 fully saturated rings. The SMILES string of the molecule is Cc1ccc(NC(c2cc3ccccc3nc2Cl)c2nnnn2C(C)(C)CC(C)(C)C)cc1. The summed E-state index contributed by atoms with van der Waals surface area (Å²) in [4.78, 5) is 4.66. The van der Waals surface area contributed by atoms with E-state index in [2.05, 4.69) is 97.7 Å². The van der Waals surface area contributed by atoms with Crippen LogP contribution in [0.1, 0.15) is 64.0 Å². The molecule has 0 aliphatic carbocycles. The molecule has 33 heavy (non-hydrogen) atoms. The van der Waals surface area contributed by atoms with E-state index < -0.39 is 0 Å². The van der Waals surface area contributed by atoms with Crippen molar-refractivity contribution in [2.24, 2.45) is 5.41 Å². The van der Waals surface area contributed by atoms with Gasteiger partial charge in [0.15, 0.2) is 5.82 Å². The maximum Gasteiger partial charge on any atom is 0.178 e. The molecule has 0 aliphatic rings. The average molecular weight is 463 g/mol. The van der Waals surface area contributed by atoms with Crippen LogP contribution in [-0.2, 0) is 5.54 Å². The minimum atomic E-state index is -0.383. The fourth-order valence-corrected chi connectivity index (χ4v) is 4.84. The number of hydrogen-bond acceptors (Lipinski definition) is 5. The van der Waals surface area contributed by atoms with Gasteiger partial charge in [-0.2, -0.15) is 0 Å². The lowest BCUT2D eigenvalue weighted by atomic mass is 9.81. The zero-order valence-corrected chi connectivity index (χ0v) is 20.9. The quantitative estimate of drug-likeness (QED) is 0.329. The summed E-state index contributed by atoms with van der Waals surface area (Å²) in [5, 5.41) is 18.0. The topological polar surface area (TPSA) is 68.5 Å². The summed E-state index contributed by atoms with van der Waals surface area (Å²) in [6, 6.07) is 17.9. The standard InChI is InChI=1S/C26H31ClN6/c1-17-11-13-19(14-12-17)28-22(20-15-18-9-7-8-10-21(18)29-23(20)27)24-30-31-32-33(24)26(5,6)16-25(2,3)4/h7-15,22,28H,16H2,1-6H3. The molecular weight excluding hydrogens is 432 g/mol. The number of fused-ring (bicyclic) bond motifs is 1. The number of tetrazole rings is 1. The Hall–Kier alpha value is -2.99. The van der Waals surface area contributed by atoms with Gasteiger partial charge in [-0.15, -0.1) is 5.10 Å². The largest absolute Gasteiger partial charge is 0.371 e. The van der Waals surface area contributed by atoms with Crippen molar-refractivity contribution < 1.29 is 0 Å². The van der Waals surface area contributed by atoms with E-state index in [-0.39, 0.29) is 17.0 Å². The lowest BCUT2D eigenvalue weighted by molar-refractivity contribution is 0.190. The molecule has 4 aromatic rings. The van der Waals surface area contributed by atoms with E-state index in [1.54, 1.807) is 0 Å². The van der Waals surface area contributed by atoms with Gasteiger partial charge in [-0.3, -0.25) is 0 Å². The number of para-hydroxylation sites is 1. The maximum absolute atomic E-state index is 6.75. The number of hydrogen-bond donors (Lipinski definition) is 1. The van der Waals surface area contributed by atoms with Gasteiger partial charge in [0.25, 0.3) is 0 Å². The number of nitrogens with zero attached hydrogens (tertiary/aromatic N) is 5. The molecule has 6 nitrogen and oxygen atoms in total. The molecule has 0 saturated carbocycles. The predicted molar refractivity (Wildman–Crippen MR) is 135 cm³/mol. The molecule has 1 unspecified atom stereocenters. The van der Waals surface area contributed by atoms with Crippen molar-refractivity contribution in [3.05, 3.63) is 76.7 Å². The van der Waals surface area contributed by atoms with E-state index in [1.807, 2.05) is 28.9 Å². The van der Waals surface area contributed by atoms with Crippen LogP contribution in [-0.4, -0.2) is 25.2 Å². The average Bonchev–Trinajstić information content (AvgIpc) is 3.22. The highest BCUT2D eigenvalue weighted by atomic mass is 35.5. The van der Waals surface area contributed by atoms with Gasteiger partial charge in [0.1, 0.15) is 11.2 Å². The van der Waals surface area contributed by atoms with Gasteiger partial charge in [-0.05, 0) is 67.3 Å². The number of rotatable bonds is 6. The lowest BCUT2D eigenvalue weighted by Gasteiger charge is -2.34. The second-order valence-corrected chi connectivity index (χ2v) is 10.9. The van der Waals surface area contributed by atoms with Gasteiger partial charge >= 0.3 is 0 Å². The van der Waals surface area contributed by atoms with Gasteiger partial charge in [-0.25, -0.2) is 9.67 Å². The summed E-state index contributed by atoms with van der Waals surface area (Å²) in [7, 11) is 0. The Morgan fingerprint density at radius 3 is 2.39 bits per heavy atom. The van der Waals surface area contributed by atoms with Crippen LogP contribution < -0.4 is 5.32 Å². The third kappa shape index (κ3) is 5.17. The van der Waals surface area contributed by atoms with Crippen LogP contribution in [0.4, 0.5) is 5.69 Å². The summed E-state index contributed by atoms with van der Waals surface area (Å²) in [5.74, 6) is 0.698. The number of nitrogens with one attached hydrogen (secondary N) is 1. The van der Waals surface area contributed by atoms with Crippen LogP contribution in [0.2, 0.25) is 5.15 Å². The van der Waals surface area contributed by atoms with E-state index in [9.17, 15) is 0 Å². The summed E-state index contributed by atoms with van der Waals surface area (Å²) >= 11 is 6.75. The van der Waals surface area contributed by atoms with Crippen molar-refractivity contribution in [2.45, 2.75) is 59.5 Å². The summed E-state index contributed by atoms with van der Waals surface area (Å²) in [6.45, 7) is 13.1. The number of aromatic nitrogens is 5. The first kappa shape index (κ1) is 23.2. The first-order valence-corrected chi connectivity index (χ1v) is 11.6. The number of aryl methyl sites for hydroxylation is 1. The molecule has 172 valence electrons. The third-order valence-electron chi connectivity index (χ3n) is 5.67. The molecule has 0 aliphatic heterocycles. The second kappa shape index (κ2) is 8.75. The molecule has 7 heteroatoms. The minimum absolute atomic E-state index is 0.106. The predicted octanol–water partition coefficient (Wildman–Crippen LogP) is 6.56. The Kier molecular flexibility index (Phi) is 6.14. The number of anilines is 1. The van der Waals surface area contributed by atoms with E-state index >= 15 is 0 Å². The zero-order valence-electron chi connectivity index (χ0n) is 20.1. The summed E-state index contributed by atoms with van der Waals surface area (Å²) in [5.41, 5.74) is 3.64. The Balaban J connectivity index is 1.86. The first-order chi connectivity index (χ1) is 15.5. The Bertz CT molecular complexity index is 1250. The van der Waals surface area contributed by atoms with Crippen molar-refractivity contribution in [2.75, 3.05) is 5.32 Å². The summed E-state index contributed by atoms with van der Waals surface area (Å²) in [6.07, 6.45) is 0.902. The molecule has 2 aromatic heterocycles. The minimum Gasteiger partial charge on any atom is -0.371 e. The fraction of sp³-hybridized carbons (Fsp3) is 0.385. The van der Waals surface area contributed by atoms with Gasteiger partial charge in [0.05, 0.1) is 11.1 Å². The fourth-order valence-electron chi connectivity index (χ4n) is 4.59. The number of halogens is 1. The molecule has 2 aromatic carbocycles. The van der Waals surface area contributed by atoms with Crippen molar-refractivity contribution in [1.82, 2.24) is 25.2 Å². The number of benzene rings is 2. The summed E-state index contributed by atoms with van der Waals surface area (Å²) < 4.78 is 1.93. The molecule has 2 heterocycles. The number of pyridine rings is 1. The van der Waals surface area contributed by atoms with Crippen molar-refractivity contribution in [3.63, 3.8) is 0 Å². The first-order valence-electron chi connectivity index (χ1n) is 11.2. The van der Waals surface area contributed by atoms with Gasteiger partial charge in [0.2, 0.25) is 0 Å². The molecule has 0 radical (unpaired) electrons. The highest BCUT2D eigenvalue weighted by Crippen LogP contribution is 2.37. The highest BCUT2D eigenvalue weighted by Gasteiger charge is 2.34. The van der Waals surface area contributed by atoms with E-state index in [0.29, 0.717) is 11.0 Å². The molecule has 1 N–H and O–H groups in total. The van der Waals surface area contributed by atoms with E-state index in [4.69, 9.17) is 11.6 Å². The maximum atomic E-state index is 6.75. The lowest BCUT2D eigenvalue weighted by Crippen LogP contribution is -2.35. The van der Waals surface area contributed by atoms with Crippen LogP contribution in [0.5, 0.6) is 0 Å². The molecule has 0 saturated heterocycles. The highest BCUT2D eigenvalue weighted by molar-refractivity contribution is 6.30. The second-order valence-electron chi connectivity index (χ2n) is 10.5.